The van der Waals surface area contributed by atoms with Crippen LogP contribution in [0.3, 0.4) is 0 Å². The second-order valence-corrected chi connectivity index (χ2v) is 4.67. The summed E-state index contributed by atoms with van der Waals surface area (Å²) in [5, 5.41) is 3.17. The van der Waals surface area contributed by atoms with E-state index in [1.807, 2.05) is 24.3 Å². The van der Waals surface area contributed by atoms with Crippen LogP contribution in [0.4, 0.5) is 5.95 Å². The lowest BCUT2D eigenvalue weighted by molar-refractivity contribution is 0.413. The molecule has 0 unspecified atom stereocenters. The zero-order chi connectivity index (χ0) is 13.9. The number of hydrogen-bond donors (Lipinski definition) is 2. The van der Waals surface area contributed by atoms with E-state index in [2.05, 4.69) is 39.6 Å². The highest BCUT2D eigenvalue weighted by Crippen LogP contribution is 2.24. The molecule has 0 amide bonds. The van der Waals surface area contributed by atoms with Crippen molar-refractivity contribution in [3.8, 4) is 11.1 Å². The molecule has 1 aromatic heterocycles. The van der Waals surface area contributed by atoms with Crippen molar-refractivity contribution in [2.24, 2.45) is 0 Å². The number of imidazole rings is 1. The standard InChI is InChI=1S/C15H13N3OS/c1-19-15(20)18-14-16-12-8-7-11(9-13(12)17-14)10-5-3-2-4-6-10/h2-9H,1H3,(H2,16,17,18,20). The molecule has 0 saturated carbocycles. The predicted octanol–water partition coefficient (Wildman–Crippen LogP) is 3.57. The summed E-state index contributed by atoms with van der Waals surface area (Å²) in [5.41, 5.74) is 4.15. The summed E-state index contributed by atoms with van der Waals surface area (Å²) in [6, 6.07) is 16.3. The van der Waals surface area contributed by atoms with E-state index >= 15 is 0 Å². The van der Waals surface area contributed by atoms with Crippen molar-refractivity contribution in [3.63, 3.8) is 0 Å². The van der Waals surface area contributed by atoms with Gasteiger partial charge in [-0.15, -0.1) is 0 Å². The summed E-state index contributed by atoms with van der Waals surface area (Å²) in [6.07, 6.45) is 0. The number of methoxy groups -OCH3 is 1. The number of rotatable bonds is 2. The Morgan fingerprint density at radius 1 is 1.15 bits per heavy atom. The van der Waals surface area contributed by atoms with Gasteiger partial charge in [-0.25, -0.2) is 4.98 Å². The van der Waals surface area contributed by atoms with Crippen molar-refractivity contribution in [1.82, 2.24) is 9.97 Å². The Hall–Kier alpha value is -2.40. The molecule has 0 atom stereocenters. The zero-order valence-corrected chi connectivity index (χ0v) is 11.7. The maximum atomic E-state index is 4.95. The number of fused-ring (bicyclic) bond motifs is 1. The number of thiocarbonyl (C=S) groups is 1. The minimum absolute atomic E-state index is 0.285. The van der Waals surface area contributed by atoms with Crippen LogP contribution in [0.5, 0.6) is 0 Å². The highest BCUT2D eigenvalue weighted by Gasteiger charge is 2.06. The van der Waals surface area contributed by atoms with Gasteiger partial charge in [0.05, 0.1) is 18.1 Å². The minimum Gasteiger partial charge on any atom is -0.474 e. The average Bonchev–Trinajstić information content (AvgIpc) is 2.89. The van der Waals surface area contributed by atoms with Crippen LogP contribution in [-0.2, 0) is 4.74 Å². The van der Waals surface area contributed by atoms with Gasteiger partial charge in [0, 0.05) is 0 Å². The number of anilines is 1. The summed E-state index contributed by atoms with van der Waals surface area (Å²) < 4.78 is 4.90. The molecule has 4 nitrogen and oxygen atoms in total. The topological polar surface area (TPSA) is 49.9 Å². The first-order chi connectivity index (χ1) is 9.76. The van der Waals surface area contributed by atoms with Gasteiger partial charge < -0.3 is 9.72 Å². The molecule has 3 rings (SSSR count). The van der Waals surface area contributed by atoms with E-state index in [4.69, 9.17) is 17.0 Å². The van der Waals surface area contributed by atoms with Crippen LogP contribution in [0, 0.1) is 0 Å². The molecule has 0 aliphatic carbocycles. The lowest BCUT2D eigenvalue weighted by atomic mass is 10.1. The van der Waals surface area contributed by atoms with Crippen LogP contribution in [0.25, 0.3) is 22.2 Å². The highest BCUT2D eigenvalue weighted by molar-refractivity contribution is 7.80. The van der Waals surface area contributed by atoms with E-state index < -0.39 is 0 Å². The monoisotopic (exact) mass is 283 g/mol. The fourth-order valence-corrected chi connectivity index (χ4v) is 2.12. The van der Waals surface area contributed by atoms with E-state index in [1.54, 1.807) is 0 Å². The third-order valence-electron chi connectivity index (χ3n) is 2.99. The maximum Gasteiger partial charge on any atom is 0.263 e. The number of nitrogens with zero attached hydrogens (tertiary/aromatic N) is 1. The number of ether oxygens (including phenoxy) is 1. The lowest BCUT2D eigenvalue weighted by Crippen LogP contribution is -2.11. The zero-order valence-electron chi connectivity index (χ0n) is 10.9. The molecule has 0 fully saturated rings. The number of H-pyrrole nitrogens is 1. The minimum atomic E-state index is 0.285. The van der Waals surface area contributed by atoms with Crippen LogP contribution in [0.15, 0.2) is 48.5 Å². The third-order valence-corrected chi connectivity index (χ3v) is 3.26. The molecule has 20 heavy (non-hydrogen) atoms. The fourth-order valence-electron chi connectivity index (χ4n) is 2.03. The van der Waals surface area contributed by atoms with Gasteiger partial charge in [0.2, 0.25) is 5.95 Å². The van der Waals surface area contributed by atoms with E-state index in [0.29, 0.717) is 5.95 Å². The fraction of sp³-hybridized carbons (Fsp3) is 0.0667. The molecule has 0 radical (unpaired) electrons. The van der Waals surface area contributed by atoms with Gasteiger partial charge in [-0.2, -0.15) is 0 Å². The Bertz CT molecular complexity index is 752. The van der Waals surface area contributed by atoms with Crippen molar-refractivity contribution in [1.29, 1.82) is 0 Å². The largest absolute Gasteiger partial charge is 0.474 e. The summed E-state index contributed by atoms with van der Waals surface area (Å²) in [4.78, 5) is 7.58. The quantitative estimate of drug-likeness (QED) is 0.706. The molecule has 3 aromatic rings. The second kappa shape index (κ2) is 5.30. The number of benzene rings is 2. The molecular weight excluding hydrogens is 270 g/mol. The molecule has 1 heterocycles. The maximum absolute atomic E-state index is 4.95. The number of aromatic amines is 1. The van der Waals surface area contributed by atoms with Crippen molar-refractivity contribution in [3.05, 3.63) is 48.5 Å². The van der Waals surface area contributed by atoms with E-state index in [-0.39, 0.29) is 5.17 Å². The van der Waals surface area contributed by atoms with Gasteiger partial charge in [-0.3, -0.25) is 5.32 Å². The van der Waals surface area contributed by atoms with Crippen molar-refractivity contribution in [2.75, 3.05) is 12.4 Å². The molecule has 2 aromatic carbocycles. The van der Waals surface area contributed by atoms with Crippen molar-refractivity contribution >= 4 is 34.4 Å². The van der Waals surface area contributed by atoms with Gasteiger partial charge >= 0.3 is 0 Å². The van der Waals surface area contributed by atoms with Gasteiger partial charge in [-0.05, 0) is 35.5 Å². The van der Waals surface area contributed by atoms with Crippen LogP contribution in [-0.4, -0.2) is 22.3 Å². The summed E-state index contributed by atoms with van der Waals surface area (Å²) in [5.74, 6) is 0.581. The van der Waals surface area contributed by atoms with E-state index in [9.17, 15) is 0 Å². The number of aromatic nitrogens is 2. The highest BCUT2D eigenvalue weighted by atomic mass is 32.1. The SMILES string of the molecule is COC(=S)Nc1nc2ccc(-c3ccccc3)cc2[nH]1. The van der Waals surface area contributed by atoms with Crippen molar-refractivity contribution in [2.45, 2.75) is 0 Å². The van der Waals surface area contributed by atoms with Crippen LogP contribution in [0.1, 0.15) is 0 Å². The Balaban J connectivity index is 1.97. The normalized spacial score (nSPS) is 10.4. The molecule has 0 saturated heterocycles. The van der Waals surface area contributed by atoms with E-state index in [0.717, 1.165) is 16.6 Å². The Labute approximate surface area is 121 Å². The molecule has 5 heteroatoms. The first-order valence-electron chi connectivity index (χ1n) is 6.16. The van der Waals surface area contributed by atoms with E-state index in [1.165, 1.54) is 12.7 Å². The smallest absolute Gasteiger partial charge is 0.263 e. The van der Waals surface area contributed by atoms with Crippen LogP contribution in [0.2, 0.25) is 0 Å². The molecule has 0 aliphatic rings. The summed E-state index contributed by atoms with van der Waals surface area (Å²) in [7, 11) is 1.52. The van der Waals surface area contributed by atoms with Gasteiger partial charge in [0.1, 0.15) is 0 Å². The predicted molar refractivity (Wildman–Crippen MR) is 84.8 cm³/mol. The molecule has 0 spiro atoms. The second-order valence-electron chi connectivity index (χ2n) is 4.30. The molecule has 0 aliphatic heterocycles. The van der Waals surface area contributed by atoms with Crippen LogP contribution < -0.4 is 5.32 Å². The first-order valence-corrected chi connectivity index (χ1v) is 6.57. The molecule has 2 N–H and O–H groups in total. The van der Waals surface area contributed by atoms with Gasteiger partial charge in [0.25, 0.3) is 5.17 Å². The first kappa shape index (κ1) is 12.6. The third kappa shape index (κ3) is 2.48. The molecular formula is C15H13N3OS. The van der Waals surface area contributed by atoms with Crippen molar-refractivity contribution < 1.29 is 4.74 Å². The average molecular weight is 283 g/mol. The van der Waals surface area contributed by atoms with Crippen LogP contribution >= 0.6 is 12.2 Å². The summed E-state index contributed by atoms with van der Waals surface area (Å²) in [6.45, 7) is 0. The summed E-state index contributed by atoms with van der Waals surface area (Å²) >= 11 is 4.95. The number of nitrogens with one attached hydrogen (secondary N) is 2. The number of hydrogen-bond acceptors (Lipinski definition) is 3. The molecule has 0 bridgehead atoms. The van der Waals surface area contributed by atoms with Gasteiger partial charge in [0.15, 0.2) is 0 Å². The Kier molecular flexibility index (Phi) is 3.35. The lowest BCUT2D eigenvalue weighted by Gasteiger charge is -2.01. The Morgan fingerprint density at radius 2 is 1.95 bits per heavy atom. The Morgan fingerprint density at radius 3 is 2.70 bits per heavy atom. The molecule has 100 valence electrons. The van der Waals surface area contributed by atoms with Gasteiger partial charge in [-0.1, -0.05) is 36.4 Å².